The molecule has 2 aromatic rings. The van der Waals surface area contributed by atoms with Gasteiger partial charge in [0.2, 0.25) is 5.11 Å². The molecule has 8 nitrogen and oxygen atoms in total. The number of rotatable bonds is 6. The number of thiocarbonyl (C=S) groups is 1. The van der Waals surface area contributed by atoms with Crippen molar-refractivity contribution in [1.29, 1.82) is 0 Å². The van der Waals surface area contributed by atoms with Gasteiger partial charge in [-0.2, -0.15) is 10.2 Å². The summed E-state index contributed by atoms with van der Waals surface area (Å²) < 4.78 is 10.0. The van der Waals surface area contributed by atoms with Crippen LogP contribution in [-0.4, -0.2) is 42.0 Å². The molecular weight excluding hydrogens is 356 g/mol. The maximum atomic E-state index is 9.53. The van der Waals surface area contributed by atoms with Gasteiger partial charge in [0.1, 0.15) is 0 Å². The molecule has 0 amide bonds. The fourth-order valence-corrected chi connectivity index (χ4v) is 2.01. The van der Waals surface area contributed by atoms with E-state index in [1.165, 1.54) is 38.8 Å². The third-order valence-electron chi connectivity index (χ3n) is 3.17. The molecule has 0 aliphatic carbocycles. The number of benzene rings is 2. The van der Waals surface area contributed by atoms with E-state index >= 15 is 0 Å². The summed E-state index contributed by atoms with van der Waals surface area (Å²) in [4.78, 5) is 0. The number of nitrogens with one attached hydrogen (secondary N) is 2. The second-order valence-electron chi connectivity index (χ2n) is 4.93. The Bertz CT molecular complexity index is 772. The van der Waals surface area contributed by atoms with E-state index in [2.05, 4.69) is 21.1 Å². The van der Waals surface area contributed by atoms with Gasteiger partial charge in [-0.25, -0.2) is 0 Å². The van der Waals surface area contributed by atoms with Crippen LogP contribution in [0.2, 0.25) is 0 Å². The Kier molecular flexibility index (Phi) is 6.75. The van der Waals surface area contributed by atoms with Crippen LogP contribution in [0.25, 0.3) is 0 Å². The van der Waals surface area contributed by atoms with Crippen LogP contribution < -0.4 is 20.3 Å². The average Bonchev–Trinajstić information content (AvgIpc) is 2.64. The van der Waals surface area contributed by atoms with Crippen molar-refractivity contribution in [3.05, 3.63) is 47.5 Å². The maximum Gasteiger partial charge on any atom is 0.207 e. The van der Waals surface area contributed by atoms with E-state index in [0.29, 0.717) is 11.5 Å². The molecule has 0 aliphatic rings. The van der Waals surface area contributed by atoms with Crippen molar-refractivity contribution in [2.24, 2.45) is 10.2 Å². The van der Waals surface area contributed by atoms with Crippen molar-refractivity contribution in [3.63, 3.8) is 0 Å². The molecule has 2 aromatic carbocycles. The van der Waals surface area contributed by atoms with Gasteiger partial charge in [0.15, 0.2) is 23.0 Å². The molecule has 136 valence electrons. The Labute approximate surface area is 155 Å². The summed E-state index contributed by atoms with van der Waals surface area (Å²) in [5.74, 6) is 0.803. The van der Waals surface area contributed by atoms with Gasteiger partial charge in [-0.15, -0.1) is 0 Å². The lowest BCUT2D eigenvalue weighted by Gasteiger charge is -2.04. The van der Waals surface area contributed by atoms with Crippen LogP contribution in [0.4, 0.5) is 0 Å². The van der Waals surface area contributed by atoms with Crippen molar-refractivity contribution in [1.82, 2.24) is 10.9 Å². The highest BCUT2D eigenvalue weighted by Gasteiger charge is 2.02. The highest BCUT2D eigenvalue weighted by Crippen LogP contribution is 2.26. The molecular formula is C17H18N4O4S. The van der Waals surface area contributed by atoms with E-state index in [-0.39, 0.29) is 16.6 Å². The summed E-state index contributed by atoms with van der Waals surface area (Å²) in [7, 11) is 2.93. The summed E-state index contributed by atoms with van der Waals surface area (Å²) in [6.45, 7) is 0. The summed E-state index contributed by atoms with van der Waals surface area (Å²) in [6.07, 6.45) is 3.04. The molecule has 0 saturated carbocycles. The fourth-order valence-electron chi connectivity index (χ4n) is 1.90. The predicted molar refractivity (Wildman–Crippen MR) is 103 cm³/mol. The molecule has 26 heavy (non-hydrogen) atoms. The second-order valence-corrected chi connectivity index (χ2v) is 5.34. The molecule has 0 saturated heterocycles. The lowest BCUT2D eigenvalue weighted by Crippen LogP contribution is -2.28. The number of phenolic OH excluding ortho intramolecular Hbond substituents is 2. The lowest BCUT2D eigenvalue weighted by molar-refractivity contribution is 0.373. The molecule has 2 rings (SSSR count). The first-order valence-corrected chi connectivity index (χ1v) is 7.80. The van der Waals surface area contributed by atoms with Crippen molar-refractivity contribution < 1.29 is 19.7 Å². The van der Waals surface area contributed by atoms with E-state index in [1.54, 1.807) is 24.3 Å². The van der Waals surface area contributed by atoms with Crippen LogP contribution in [0.15, 0.2) is 46.6 Å². The van der Waals surface area contributed by atoms with Gasteiger partial charge in [-0.3, -0.25) is 10.9 Å². The van der Waals surface area contributed by atoms with Crippen LogP contribution >= 0.6 is 12.2 Å². The number of hydrogen-bond acceptors (Lipinski definition) is 7. The number of methoxy groups -OCH3 is 2. The van der Waals surface area contributed by atoms with Gasteiger partial charge in [0, 0.05) is 0 Å². The monoisotopic (exact) mass is 374 g/mol. The minimum absolute atomic E-state index is 0.0509. The largest absolute Gasteiger partial charge is 0.504 e. The molecule has 0 aliphatic heterocycles. The molecule has 0 heterocycles. The van der Waals surface area contributed by atoms with E-state index in [0.717, 1.165) is 11.1 Å². The standard InChI is InChI=1S/C17H18N4O4S/c1-24-15-7-11(3-5-13(15)22)9-18-20-17(26)21-19-10-12-4-6-14(23)16(8-12)25-2/h3-10,22-23H,1-2H3,(H2,20,21,26). The molecule has 9 heteroatoms. The van der Waals surface area contributed by atoms with Crippen LogP contribution in [0.1, 0.15) is 11.1 Å². The summed E-state index contributed by atoms with van der Waals surface area (Å²) in [6, 6.07) is 9.63. The van der Waals surface area contributed by atoms with Crippen LogP contribution in [-0.2, 0) is 0 Å². The second kappa shape index (κ2) is 9.23. The number of aromatic hydroxyl groups is 2. The van der Waals surface area contributed by atoms with Gasteiger partial charge >= 0.3 is 0 Å². The minimum Gasteiger partial charge on any atom is -0.504 e. The zero-order valence-corrected chi connectivity index (χ0v) is 14.9. The lowest BCUT2D eigenvalue weighted by atomic mass is 10.2. The smallest absolute Gasteiger partial charge is 0.207 e. The molecule has 0 aromatic heterocycles. The normalized spacial score (nSPS) is 10.8. The number of phenols is 2. The van der Waals surface area contributed by atoms with E-state index < -0.39 is 0 Å². The Morgan fingerprint density at radius 3 is 1.69 bits per heavy atom. The topological polar surface area (TPSA) is 108 Å². The first kappa shape index (κ1) is 19.0. The van der Waals surface area contributed by atoms with Crippen molar-refractivity contribution in [2.45, 2.75) is 0 Å². The van der Waals surface area contributed by atoms with Crippen molar-refractivity contribution in [2.75, 3.05) is 14.2 Å². The van der Waals surface area contributed by atoms with Crippen LogP contribution in [0.5, 0.6) is 23.0 Å². The van der Waals surface area contributed by atoms with Gasteiger partial charge in [-0.1, -0.05) is 0 Å². The fraction of sp³-hybridized carbons (Fsp3) is 0.118. The molecule has 0 radical (unpaired) electrons. The van der Waals surface area contributed by atoms with Gasteiger partial charge in [-0.05, 0) is 59.7 Å². The Hall–Kier alpha value is -3.33. The van der Waals surface area contributed by atoms with Gasteiger partial charge in [0.05, 0.1) is 26.6 Å². The highest BCUT2D eigenvalue weighted by molar-refractivity contribution is 7.80. The van der Waals surface area contributed by atoms with Crippen LogP contribution in [0, 0.1) is 0 Å². The average molecular weight is 374 g/mol. The third kappa shape index (κ3) is 5.35. The first-order valence-electron chi connectivity index (χ1n) is 7.39. The molecule has 0 unspecified atom stereocenters. The van der Waals surface area contributed by atoms with E-state index in [1.807, 2.05) is 0 Å². The van der Waals surface area contributed by atoms with Gasteiger partial charge in [0.25, 0.3) is 0 Å². The van der Waals surface area contributed by atoms with E-state index in [4.69, 9.17) is 21.7 Å². The summed E-state index contributed by atoms with van der Waals surface area (Å²) in [5.41, 5.74) is 6.65. The van der Waals surface area contributed by atoms with Gasteiger partial charge < -0.3 is 19.7 Å². The number of hydrazone groups is 2. The molecule has 0 bridgehead atoms. The summed E-state index contributed by atoms with van der Waals surface area (Å²) >= 11 is 5.04. The molecule has 0 fully saturated rings. The molecule has 4 N–H and O–H groups in total. The summed E-state index contributed by atoms with van der Waals surface area (Å²) in [5, 5.41) is 27.2. The van der Waals surface area contributed by atoms with Crippen molar-refractivity contribution >= 4 is 29.8 Å². The third-order valence-corrected chi connectivity index (χ3v) is 3.35. The Morgan fingerprint density at radius 1 is 0.885 bits per heavy atom. The number of ether oxygens (including phenoxy) is 2. The van der Waals surface area contributed by atoms with Crippen LogP contribution in [0.3, 0.4) is 0 Å². The maximum absolute atomic E-state index is 9.53. The zero-order chi connectivity index (χ0) is 18.9. The molecule has 0 spiro atoms. The number of nitrogens with zero attached hydrogens (tertiary/aromatic N) is 2. The highest BCUT2D eigenvalue weighted by atomic mass is 32.1. The first-order chi connectivity index (χ1) is 12.5. The van der Waals surface area contributed by atoms with Crippen molar-refractivity contribution in [3.8, 4) is 23.0 Å². The van der Waals surface area contributed by atoms with E-state index in [9.17, 15) is 10.2 Å². The molecule has 0 atom stereocenters. The quantitative estimate of drug-likeness (QED) is 0.348. The SMILES string of the molecule is COc1cc(C=NNC(=S)NN=Cc2ccc(O)c(OC)c2)ccc1O. The Balaban J connectivity index is 1.87. The zero-order valence-electron chi connectivity index (χ0n) is 14.1. The minimum atomic E-state index is 0.0509. The Morgan fingerprint density at radius 2 is 1.31 bits per heavy atom. The predicted octanol–water partition coefficient (Wildman–Crippen LogP) is 1.95. The number of hydrogen-bond donors (Lipinski definition) is 4.